The minimum absolute atomic E-state index is 0.0489. The molecule has 0 saturated heterocycles. The maximum absolute atomic E-state index is 11.1. The highest BCUT2D eigenvalue weighted by Crippen LogP contribution is 2.26. The smallest absolute Gasteiger partial charge is 0.325 e. The van der Waals surface area contributed by atoms with Gasteiger partial charge in [-0.3, -0.25) is 10.1 Å². The number of carbonyl (C=O) groups is 1. The molecular weight excluding hydrogens is 249 g/mol. The average Bonchev–Trinajstić information content (AvgIpc) is 2.14. The number of benzene rings is 1. The molecule has 5 heteroatoms. The highest BCUT2D eigenvalue weighted by molar-refractivity contribution is 6.35. The van der Waals surface area contributed by atoms with Crippen LogP contribution in [-0.4, -0.2) is 17.1 Å². The number of aliphatic carboxylic acids is 1. The third-order valence-corrected chi connectivity index (χ3v) is 2.58. The SMILES string of the molecule is CC(C)NC(C(=O)O)c1ccc(Cl)cc1Cl. The molecule has 0 heterocycles. The van der Waals surface area contributed by atoms with Gasteiger partial charge in [0.05, 0.1) is 0 Å². The Morgan fingerprint density at radius 2 is 2.00 bits per heavy atom. The van der Waals surface area contributed by atoms with Gasteiger partial charge in [-0.2, -0.15) is 0 Å². The molecule has 0 radical (unpaired) electrons. The Balaban J connectivity index is 3.06. The number of rotatable bonds is 4. The van der Waals surface area contributed by atoms with Crippen molar-refractivity contribution in [1.82, 2.24) is 5.32 Å². The van der Waals surface area contributed by atoms with Crippen LogP contribution in [0, 0.1) is 0 Å². The normalized spacial score (nSPS) is 12.8. The third kappa shape index (κ3) is 3.37. The number of nitrogens with one attached hydrogen (secondary N) is 1. The summed E-state index contributed by atoms with van der Waals surface area (Å²) in [4.78, 5) is 11.1. The molecule has 0 bridgehead atoms. The lowest BCUT2D eigenvalue weighted by Crippen LogP contribution is -2.33. The van der Waals surface area contributed by atoms with Gasteiger partial charge in [0.1, 0.15) is 6.04 Å². The molecule has 0 aromatic heterocycles. The fourth-order valence-corrected chi connectivity index (χ4v) is 1.88. The van der Waals surface area contributed by atoms with Crippen molar-refractivity contribution in [2.75, 3.05) is 0 Å². The minimum Gasteiger partial charge on any atom is -0.480 e. The topological polar surface area (TPSA) is 49.3 Å². The number of halogens is 2. The van der Waals surface area contributed by atoms with Gasteiger partial charge in [-0.15, -0.1) is 0 Å². The predicted octanol–water partition coefficient (Wildman–Crippen LogP) is 3.12. The van der Waals surface area contributed by atoms with E-state index in [4.69, 9.17) is 28.3 Å². The largest absolute Gasteiger partial charge is 0.480 e. The molecule has 0 saturated carbocycles. The predicted molar refractivity (Wildman–Crippen MR) is 65.1 cm³/mol. The summed E-state index contributed by atoms with van der Waals surface area (Å²) in [6.07, 6.45) is 0. The van der Waals surface area contributed by atoms with E-state index in [1.807, 2.05) is 13.8 Å². The molecule has 88 valence electrons. The van der Waals surface area contributed by atoms with Crippen molar-refractivity contribution in [1.29, 1.82) is 0 Å². The molecular formula is C11H13Cl2NO2. The minimum atomic E-state index is -0.960. The molecule has 0 aliphatic carbocycles. The van der Waals surface area contributed by atoms with Gasteiger partial charge in [0.2, 0.25) is 0 Å². The monoisotopic (exact) mass is 261 g/mol. The zero-order chi connectivity index (χ0) is 12.3. The number of hydrogen-bond acceptors (Lipinski definition) is 2. The van der Waals surface area contributed by atoms with Crippen molar-refractivity contribution in [2.24, 2.45) is 0 Å². The molecule has 1 unspecified atom stereocenters. The van der Waals surface area contributed by atoms with E-state index in [-0.39, 0.29) is 6.04 Å². The van der Waals surface area contributed by atoms with Crippen molar-refractivity contribution in [3.05, 3.63) is 33.8 Å². The van der Waals surface area contributed by atoms with Crippen LogP contribution in [0.5, 0.6) is 0 Å². The first-order valence-electron chi connectivity index (χ1n) is 4.85. The molecule has 3 nitrogen and oxygen atoms in total. The van der Waals surface area contributed by atoms with E-state index < -0.39 is 12.0 Å². The van der Waals surface area contributed by atoms with Crippen LogP contribution in [0.15, 0.2) is 18.2 Å². The quantitative estimate of drug-likeness (QED) is 0.876. The molecule has 0 aliphatic rings. The summed E-state index contributed by atoms with van der Waals surface area (Å²) in [5, 5.41) is 12.9. The summed E-state index contributed by atoms with van der Waals surface area (Å²) in [5.41, 5.74) is 0.521. The Kier molecular flexibility index (Phi) is 4.59. The Labute approximate surface area is 104 Å². The van der Waals surface area contributed by atoms with Crippen molar-refractivity contribution in [3.8, 4) is 0 Å². The van der Waals surface area contributed by atoms with Gasteiger partial charge in [-0.25, -0.2) is 0 Å². The summed E-state index contributed by atoms with van der Waals surface area (Å²) >= 11 is 11.7. The molecule has 1 atom stereocenters. The molecule has 1 aromatic rings. The van der Waals surface area contributed by atoms with Gasteiger partial charge in [-0.05, 0) is 31.5 Å². The fourth-order valence-electron chi connectivity index (χ4n) is 1.36. The summed E-state index contributed by atoms with van der Waals surface area (Å²) in [6, 6.07) is 4.02. The lowest BCUT2D eigenvalue weighted by Gasteiger charge is -2.18. The Hall–Kier alpha value is -0.770. The van der Waals surface area contributed by atoms with Crippen molar-refractivity contribution in [2.45, 2.75) is 25.9 Å². The average molecular weight is 262 g/mol. The fraction of sp³-hybridized carbons (Fsp3) is 0.364. The maximum Gasteiger partial charge on any atom is 0.325 e. The first-order chi connectivity index (χ1) is 7.41. The standard InChI is InChI=1S/C11H13Cl2NO2/c1-6(2)14-10(11(15)16)8-4-3-7(12)5-9(8)13/h3-6,10,14H,1-2H3,(H,15,16). The highest BCUT2D eigenvalue weighted by Gasteiger charge is 2.22. The second-order valence-corrected chi connectivity index (χ2v) is 4.60. The molecule has 0 amide bonds. The molecule has 0 aliphatic heterocycles. The van der Waals surface area contributed by atoms with Crippen molar-refractivity contribution < 1.29 is 9.90 Å². The third-order valence-electron chi connectivity index (χ3n) is 2.02. The first kappa shape index (κ1) is 13.3. The Morgan fingerprint density at radius 3 is 2.44 bits per heavy atom. The molecule has 0 fully saturated rings. The van der Waals surface area contributed by atoms with E-state index >= 15 is 0 Å². The van der Waals surface area contributed by atoms with Gasteiger partial charge >= 0.3 is 5.97 Å². The van der Waals surface area contributed by atoms with Crippen LogP contribution in [0.1, 0.15) is 25.5 Å². The molecule has 1 rings (SSSR count). The van der Waals surface area contributed by atoms with Crippen LogP contribution in [0.2, 0.25) is 10.0 Å². The summed E-state index contributed by atoms with van der Waals surface area (Å²) < 4.78 is 0. The van der Waals surface area contributed by atoms with Gasteiger partial charge in [0.15, 0.2) is 0 Å². The van der Waals surface area contributed by atoms with E-state index in [9.17, 15) is 4.79 Å². The summed E-state index contributed by atoms with van der Waals surface area (Å²) in [7, 11) is 0. The lowest BCUT2D eigenvalue weighted by molar-refractivity contribution is -0.139. The van der Waals surface area contributed by atoms with Crippen LogP contribution < -0.4 is 5.32 Å². The number of hydrogen-bond donors (Lipinski definition) is 2. The van der Waals surface area contributed by atoms with Crippen LogP contribution in [0.4, 0.5) is 0 Å². The zero-order valence-corrected chi connectivity index (χ0v) is 10.5. The van der Waals surface area contributed by atoms with E-state index in [0.717, 1.165) is 0 Å². The van der Waals surface area contributed by atoms with Crippen LogP contribution in [0.25, 0.3) is 0 Å². The van der Waals surface area contributed by atoms with E-state index in [1.165, 1.54) is 6.07 Å². The van der Waals surface area contributed by atoms with Gasteiger partial charge in [0.25, 0.3) is 0 Å². The van der Waals surface area contributed by atoms with Crippen LogP contribution in [-0.2, 0) is 4.79 Å². The van der Waals surface area contributed by atoms with Crippen molar-refractivity contribution >= 4 is 29.2 Å². The zero-order valence-electron chi connectivity index (χ0n) is 9.00. The van der Waals surface area contributed by atoms with Crippen LogP contribution >= 0.6 is 23.2 Å². The van der Waals surface area contributed by atoms with Crippen LogP contribution in [0.3, 0.4) is 0 Å². The number of carboxylic acid groups (broad SMARTS) is 1. The lowest BCUT2D eigenvalue weighted by atomic mass is 10.1. The summed E-state index contributed by atoms with van der Waals surface area (Å²) in [6.45, 7) is 3.75. The van der Waals surface area contributed by atoms with E-state index in [1.54, 1.807) is 12.1 Å². The van der Waals surface area contributed by atoms with Gasteiger partial charge < -0.3 is 5.11 Å². The molecule has 2 N–H and O–H groups in total. The van der Waals surface area contributed by atoms with E-state index in [2.05, 4.69) is 5.32 Å². The van der Waals surface area contributed by atoms with E-state index in [0.29, 0.717) is 15.6 Å². The molecule has 0 spiro atoms. The van der Waals surface area contributed by atoms with Gasteiger partial charge in [0, 0.05) is 16.1 Å². The second kappa shape index (κ2) is 5.53. The maximum atomic E-state index is 11.1. The Morgan fingerprint density at radius 1 is 1.38 bits per heavy atom. The first-order valence-corrected chi connectivity index (χ1v) is 5.61. The highest BCUT2D eigenvalue weighted by atomic mass is 35.5. The number of carboxylic acids is 1. The van der Waals surface area contributed by atoms with Crippen molar-refractivity contribution in [3.63, 3.8) is 0 Å². The molecule has 1 aromatic carbocycles. The molecule has 16 heavy (non-hydrogen) atoms. The van der Waals surface area contributed by atoms with Gasteiger partial charge in [-0.1, -0.05) is 29.3 Å². The second-order valence-electron chi connectivity index (χ2n) is 3.76. The summed E-state index contributed by atoms with van der Waals surface area (Å²) in [5.74, 6) is -0.960. The Bertz CT molecular complexity index is 394.